The molecule has 2 amide bonds. The first-order valence-corrected chi connectivity index (χ1v) is 4.74. The van der Waals surface area contributed by atoms with Crippen molar-refractivity contribution >= 4 is 18.0 Å². The first kappa shape index (κ1) is 14.4. The van der Waals surface area contributed by atoms with Gasteiger partial charge in [-0.3, -0.25) is 4.79 Å². The van der Waals surface area contributed by atoms with Gasteiger partial charge < -0.3 is 14.6 Å². The third-order valence-corrected chi connectivity index (χ3v) is 1.62. The van der Waals surface area contributed by atoms with Gasteiger partial charge in [0.2, 0.25) is 6.10 Å². The molecule has 92 valence electrons. The Kier molecular flexibility index (Phi) is 6.09. The molecule has 0 aromatic rings. The molecular weight excluding hydrogens is 218 g/mol. The summed E-state index contributed by atoms with van der Waals surface area (Å²) in [5.41, 5.74) is 0. The molecular formula is C9H15NO6. The fraction of sp³-hybridized carbons (Fsp3) is 0.667. The number of ether oxygens (including phenoxy) is 2. The van der Waals surface area contributed by atoms with E-state index >= 15 is 0 Å². The molecule has 16 heavy (non-hydrogen) atoms. The second-order valence-electron chi connectivity index (χ2n) is 2.75. The van der Waals surface area contributed by atoms with E-state index in [9.17, 15) is 19.5 Å². The molecule has 0 fully saturated rings. The lowest BCUT2D eigenvalue weighted by Gasteiger charge is -2.17. The standard InChI is InChI=1S/C9H15NO6/c1-4-15-8(13)6(11)7(12)10(3)9(14)16-5-2/h6,11H,4-5H2,1-3H3. The topological polar surface area (TPSA) is 93.1 Å². The Bertz CT molecular complexity index is 251. The average Bonchev–Trinajstić information content (AvgIpc) is 2.26. The predicted molar refractivity (Wildman–Crippen MR) is 52.4 cm³/mol. The number of imide groups is 1. The van der Waals surface area contributed by atoms with Crippen LogP contribution in [0.5, 0.6) is 0 Å². The van der Waals surface area contributed by atoms with Crippen molar-refractivity contribution in [3.05, 3.63) is 0 Å². The molecule has 0 heterocycles. The third-order valence-electron chi connectivity index (χ3n) is 1.62. The normalized spacial score (nSPS) is 11.5. The van der Waals surface area contributed by atoms with Crippen LogP contribution in [-0.2, 0) is 19.1 Å². The van der Waals surface area contributed by atoms with Gasteiger partial charge in [0.05, 0.1) is 13.2 Å². The zero-order chi connectivity index (χ0) is 12.7. The number of aliphatic hydroxyl groups excluding tert-OH is 1. The SMILES string of the molecule is CCOC(=O)C(O)C(=O)N(C)C(=O)OCC. The van der Waals surface area contributed by atoms with Crippen LogP contribution in [-0.4, -0.2) is 54.3 Å². The maximum absolute atomic E-state index is 11.3. The zero-order valence-electron chi connectivity index (χ0n) is 9.43. The summed E-state index contributed by atoms with van der Waals surface area (Å²) in [7, 11) is 1.10. The molecule has 0 aromatic heterocycles. The average molecular weight is 233 g/mol. The molecule has 0 saturated carbocycles. The van der Waals surface area contributed by atoms with Crippen LogP contribution in [0.4, 0.5) is 4.79 Å². The molecule has 0 aliphatic heterocycles. The van der Waals surface area contributed by atoms with Crippen LogP contribution in [0.3, 0.4) is 0 Å². The summed E-state index contributed by atoms with van der Waals surface area (Å²) in [5, 5.41) is 9.23. The second-order valence-corrected chi connectivity index (χ2v) is 2.75. The van der Waals surface area contributed by atoms with Crippen molar-refractivity contribution in [3.8, 4) is 0 Å². The minimum absolute atomic E-state index is 0.0340. The van der Waals surface area contributed by atoms with Gasteiger partial charge in [0.1, 0.15) is 0 Å². The molecule has 0 radical (unpaired) electrons. The monoisotopic (exact) mass is 233 g/mol. The molecule has 0 rings (SSSR count). The number of amides is 2. The summed E-state index contributed by atoms with van der Waals surface area (Å²) in [6.07, 6.45) is -2.94. The Balaban J connectivity index is 4.42. The summed E-state index contributed by atoms with van der Waals surface area (Å²) in [6.45, 7) is 3.22. The van der Waals surface area contributed by atoms with Gasteiger partial charge in [0.15, 0.2) is 0 Å². The summed E-state index contributed by atoms with van der Waals surface area (Å²) in [6, 6.07) is 0. The van der Waals surface area contributed by atoms with Crippen LogP contribution >= 0.6 is 0 Å². The van der Waals surface area contributed by atoms with Crippen LogP contribution < -0.4 is 0 Å². The fourth-order valence-corrected chi connectivity index (χ4v) is 0.816. The van der Waals surface area contributed by atoms with Crippen LogP contribution in [0.25, 0.3) is 0 Å². The summed E-state index contributed by atoms with van der Waals surface area (Å²) in [4.78, 5) is 34.0. The van der Waals surface area contributed by atoms with Gasteiger partial charge in [-0.05, 0) is 13.8 Å². The first-order valence-electron chi connectivity index (χ1n) is 4.74. The summed E-state index contributed by atoms with van der Waals surface area (Å²) >= 11 is 0. The van der Waals surface area contributed by atoms with E-state index in [1.165, 1.54) is 6.92 Å². The Labute approximate surface area is 92.9 Å². The highest BCUT2D eigenvalue weighted by atomic mass is 16.6. The number of carbonyl (C=O) groups excluding carboxylic acids is 3. The van der Waals surface area contributed by atoms with Crippen molar-refractivity contribution in [1.82, 2.24) is 4.90 Å². The van der Waals surface area contributed by atoms with Gasteiger partial charge in [-0.15, -0.1) is 0 Å². The quantitative estimate of drug-likeness (QED) is 0.521. The smallest absolute Gasteiger partial charge is 0.416 e. The maximum Gasteiger partial charge on any atom is 0.416 e. The lowest BCUT2D eigenvalue weighted by molar-refractivity contribution is -0.160. The second kappa shape index (κ2) is 6.78. The number of carbonyl (C=O) groups is 3. The molecule has 1 atom stereocenters. The molecule has 0 spiro atoms. The number of hydrogen-bond donors (Lipinski definition) is 1. The van der Waals surface area contributed by atoms with E-state index in [1.807, 2.05) is 0 Å². The van der Waals surface area contributed by atoms with E-state index in [1.54, 1.807) is 6.92 Å². The molecule has 0 bridgehead atoms. The molecule has 0 aromatic carbocycles. The van der Waals surface area contributed by atoms with Crippen LogP contribution in [0.2, 0.25) is 0 Å². The van der Waals surface area contributed by atoms with Gasteiger partial charge >= 0.3 is 12.1 Å². The van der Waals surface area contributed by atoms with Gasteiger partial charge in [0.25, 0.3) is 5.91 Å². The number of aliphatic hydroxyl groups is 1. The van der Waals surface area contributed by atoms with Crippen molar-refractivity contribution in [2.45, 2.75) is 20.0 Å². The number of hydrogen-bond acceptors (Lipinski definition) is 6. The molecule has 1 unspecified atom stereocenters. The van der Waals surface area contributed by atoms with Crippen molar-refractivity contribution < 1.29 is 29.0 Å². The number of esters is 1. The van der Waals surface area contributed by atoms with Crippen molar-refractivity contribution in [1.29, 1.82) is 0 Å². The van der Waals surface area contributed by atoms with E-state index in [2.05, 4.69) is 9.47 Å². The minimum atomic E-state index is -2.01. The highest BCUT2D eigenvalue weighted by molar-refractivity contribution is 6.05. The lowest BCUT2D eigenvalue weighted by atomic mass is 10.3. The molecule has 0 saturated heterocycles. The lowest BCUT2D eigenvalue weighted by Crippen LogP contribution is -2.44. The maximum atomic E-state index is 11.3. The van der Waals surface area contributed by atoms with E-state index in [0.717, 1.165) is 7.05 Å². The van der Waals surface area contributed by atoms with Gasteiger partial charge in [-0.1, -0.05) is 0 Å². The fourth-order valence-electron chi connectivity index (χ4n) is 0.816. The molecule has 0 aliphatic carbocycles. The summed E-state index contributed by atoms with van der Waals surface area (Å²) in [5.74, 6) is -2.18. The van der Waals surface area contributed by atoms with Crippen molar-refractivity contribution in [2.75, 3.05) is 20.3 Å². The van der Waals surface area contributed by atoms with Crippen molar-refractivity contribution in [2.24, 2.45) is 0 Å². The Morgan fingerprint density at radius 2 is 1.69 bits per heavy atom. The number of rotatable bonds is 4. The van der Waals surface area contributed by atoms with Crippen molar-refractivity contribution in [3.63, 3.8) is 0 Å². The van der Waals surface area contributed by atoms with Gasteiger partial charge in [-0.2, -0.15) is 0 Å². The Morgan fingerprint density at radius 3 is 2.12 bits per heavy atom. The predicted octanol–water partition coefficient (Wildman–Crippen LogP) is -0.475. The molecule has 0 aliphatic rings. The Hall–Kier alpha value is -1.63. The highest BCUT2D eigenvalue weighted by Crippen LogP contribution is 1.98. The van der Waals surface area contributed by atoms with Crippen LogP contribution in [0, 0.1) is 0 Å². The number of nitrogens with zero attached hydrogens (tertiary/aromatic N) is 1. The first-order chi connectivity index (χ1) is 7.45. The third kappa shape index (κ3) is 3.85. The van der Waals surface area contributed by atoms with Crippen LogP contribution in [0.1, 0.15) is 13.8 Å². The van der Waals surface area contributed by atoms with Gasteiger partial charge in [-0.25, -0.2) is 14.5 Å². The minimum Gasteiger partial charge on any atom is -0.464 e. The number of likely N-dealkylation sites (N-methyl/N-ethyl adjacent to an activating group) is 1. The summed E-state index contributed by atoms with van der Waals surface area (Å²) < 4.78 is 8.94. The molecule has 1 N–H and O–H groups in total. The largest absolute Gasteiger partial charge is 0.464 e. The van der Waals surface area contributed by atoms with E-state index in [0.29, 0.717) is 4.90 Å². The molecule has 7 nitrogen and oxygen atoms in total. The zero-order valence-corrected chi connectivity index (χ0v) is 9.43. The van der Waals surface area contributed by atoms with E-state index < -0.39 is 24.1 Å². The highest BCUT2D eigenvalue weighted by Gasteiger charge is 2.31. The van der Waals surface area contributed by atoms with E-state index in [4.69, 9.17) is 0 Å². The molecule has 7 heteroatoms. The van der Waals surface area contributed by atoms with E-state index in [-0.39, 0.29) is 13.2 Å². The van der Waals surface area contributed by atoms with Crippen LogP contribution in [0.15, 0.2) is 0 Å². The Morgan fingerprint density at radius 1 is 1.19 bits per heavy atom. The van der Waals surface area contributed by atoms with Gasteiger partial charge in [0, 0.05) is 7.05 Å².